The molecule has 0 amide bonds. The lowest BCUT2D eigenvalue weighted by Gasteiger charge is -2.16. The molecule has 0 atom stereocenters. The zero-order valence-electron chi connectivity index (χ0n) is 15.2. The highest BCUT2D eigenvalue weighted by Crippen LogP contribution is 2.22. The van der Waals surface area contributed by atoms with Gasteiger partial charge in [0.2, 0.25) is 10.0 Å². The molecule has 2 aromatic rings. The summed E-state index contributed by atoms with van der Waals surface area (Å²) < 4.78 is 32.2. The predicted octanol–water partition coefficient (Wildman–Crippen LogP) is 3.49. The Morgan fingerprint density at radius 3 is 2.36 bits per heavy atom. The van der Waals surface area contributed by atoms with Crippen molar-refractivity contribution in [2.24, 2.45) is 0 Å². The fourth-order valence-electron chi connectivity index (χ4n) is 2.83. The van der Waals surface area contributed by atoms with Crippen LogP contribution in [-0.2, 0) is 10.0 Å². The maximum Gasteiger partial charge on any atom is 0.243 e. The molecule has 0 aliphatic carbocycles. The van der Waals surface area contributed by atoms with Crippen LogP contribution in [0.2, 0.25) is 5.02 Å². The molecular formula is C19H22ClN3O3S2. The highest BCUT2D eigenvalue weighted by atomic mass is 35.5. The van der Waals surface area contributed by atoms with Gasteiger partial charge in [-0.05, 0) is 73.6 Å². The van der Waals surface area contributed by atoms with Gasteiger partial charge in [-0.3, -0.25) is 0 Å². The first kappa shape index (κ1) is 20.9. The predicted molar refractivity (Wildman–Crippen MR) is 116 cm³/mol. The largest absolute Gasteiger partial charge is 0.492 e. The SMILES string of the molecule is O=S(=O)(c1ccc(OCCNC(=S)Nc2ccc(Cl)cc2)cc1)N1CCCC1. The number of hydrogen-bond donors (Lipinski definition) is 2. The second kappa shape index (κ2) is 9.56. The normalized spacial score (nSPS) is 14.6. The molecule has 0 unspecified atom stereocenters. The Hall–Kier alpha value is -1.87. The third-order valence-electron chi connectivity index (χ3n) is 4.28. The van der Waals surface area contributed by atoms with Crippen LogP contribution in [0.25, 0.3) is 0 Å². The molecule has 9 heteroatoms. The van der Waals surface area contributed by atoms with Crippen LogP contribution in [0.15, 0.2) is 53.4 Å². The van der Waals surface area contributed by atoms with Crippen LogP contribution in [0.1, 0.15) is 12.8 Å². The van der Waals surface area contributed by atoms with Crippen LogP contribution in [0.3, 0.4) is 0 Å². The monoisotopic (exact) mass is 439 g/mol. The Morgan fingerprint density at radius 1 is 1.07 bits per heavy atom. The van der Waals surface area contributed by atoms with Crippen molar-refractivity contribution in [3.8, 4) is 5.75 Å². The van der Waals surface area contributed by atoms with Crippen molar-refractivity contribution in [1.82, 2.24) is 9.62 Å². The summed E-state index contributed by atoms with van der Waals surface area (Å²) in [6.45, 7) is 2.08. The number of sulfonamides is 1. The van der Waals surface area contributed by atoms with Crippen LogP contribution >= 0.6 is 23.8 Å². The first-order chi connectivity index (χ1) is 13.4. The van der Waals surface area contributed by atoms with Gasteiger partial charge in [-0.25, -0.2) is 8.42 Å². The number of anilines is 1. The number of benzene rings is 2. The smallest absolute Gasteiger partial charge is 0.243 e. The summed E-state index contributed by atoms with van der Waals surface area (Å²) in [4.78, 5) is 0.299. The van der Waals surface area contributed by atoms with Gasteiger partial charge in [0.25, 0.3) is 0 Å². The van der Waals surface area contributed by atoms with Gasteiger partial charge < -0.3 is 15.4 Å². The Labute approximate surface area is 175 Å². The van der Waals surface area contributed by atoms with Gasteiger partial charge in [-0.2, -0.15) is 4.31 Å². The summed E-state index contributed by atoms with van der Waals surface area (Å²) in [5.41, 5.74) is 0.845. The molecule has 1 saturated heterocycles. The van der Waals surface area contributed by atoms with E-state index >= 15 is 0 Å². The second-order valence-corrected chi connectivity index (χ2v) is 9.10. The maximum absolute atomic E-state index is 12.5. The molecule has 3 rings (SSSR count). The van der Waals surface area contributed by atoms with Crippen LogP contribution < -0.4 is 15.4 Å². The minimum Gasteiger partial charge on any atom is -0.492 e. The van der Waals surface area contributed by atoms with Crippen molar-refractivity contribution in [3.63, 3.8) is 0 Å². The van der Waals surface area contributed by atoms with E-state index in [9.17, 15) is 8.42 Å². The van der Waals surface area contributed by atoms with Crippen LogP contribution in [0.4, 0.5) is 5.69 Å². The van der Waals surface area contributed by atoms with E-state index in [-0.39, 0.29) is 0 Å². The lowest BCUT2D eigenvalue weighted by atomic mass is 10.3. The number of nitrogens with one attached hydrogen (secondary N) is 2. The zero-order valence-corrected chi connectivity index (χ0v) is 17.6. The highest BCUT2D eigenvalue weighted by Gasteiger charge is 2.26. The molecule has 0 saturated carbocycles. The van der Waals surface area contributed by atoms with E-state index < -0.39 is 10.0 Å². The van der Waals surface area contributed by atoms with E-state index in [1.807, 2.05) is 12.1 Å². The summed E-state index contributed by atoms with van der Waals surface area (Å²) in [7, 11) is -3.39. The van der Waals surface area contributed by atoms with E-state index in [1.165, 1.54) is 4.31 Å². The lowest BCUT2D eigenvalue weighted by molar-refractivity contribution is 0.322. The van der Waals surface area contributed by atoms with Crippen LogP contribution in [-0.4, -0.2) is 44.1 Å². The summed E-state index contributed by atoms with van der Waals surface area (Å²) in [5, 5.41) is 7.25. The average molecular weight is 440 g/mol. The summed E-state index contributed by atoms with van der Waals surface area (Å²) >= 11 is 11.1. The van der Waals surface area contributed by atoms with Crippen LogP contribution in [0, 0.1) is 0 Å². The van der Waals surface area contributed by atoms with Crippen molar-refractivity contribution in [1.29, 1.82) is 0 Å². The Morgan fingerprint density at radius 2 is 1.71 bits per heavy atom. The van der Waals surface area contributed by atoms with Crippen molar-refractivity contribution >= 4 is 44.6 Å². The molecule has 0 spiro atoms. The molecule has 2 aromatic carbocycles. The van der Waals surface area contributed by atoms with E-state index in [2.05, 4.69) is 10.6 Å². The van der Waals surface area contributed by atoms with Gasteiger partial charge in [0.15, 0.2) is 5.11 Å². The Kier molecular flexibility index (Phi) is 7.12. The number of ether oxygens (including phenoxy) is 1. The third kappa shape index (κ3) is 5.57. The first-order valence-corrected chi connectivity index (χ1v) is 11.2. The number of nitrogens with zero attached hydrogens (tertiary/aromatic N) is 1. The van der Waals surface area contributed by atoms with Crippen molar-refractivity contribution in [3.05, 3.63) is 53.6 Å². The fourth-order valence-corrected chi connectivity index (χ4v) is 4.69. The molecule has 6 nitrogen and oxygen atoms in total. The number of hydrogen-bond acceptors (Lipinski definition) is 4. The second-order valence-electron chi connectivity index (χ2n) is 6.32. The lowest BCUT2D eigenvalue weighted by Crippen LogP contribution is -2.31. The van der Waals surface area contributed by atoms with Crippen LogP contribution in [0.5, 0.6) is 5.75 Å². The topological polar surface area (TPSA) is 70.7 Å². The molecule has 1 heterocycles. The van der Waals surface area contributed by atoms with E-state index in [0.717, 1.165) is 18.5 Å². The van der Waals surface area contributed by atoms with Gasteiger partial charge in [0.1, 0.15) is 12.4 Å². The summed E-state index contributed by atoms with van der Waals surface area (Å²) in [6.07, 6.45) is 1.84. The minimum absolute atomic E-state index is 0.299. The third-order valence-corrected chi connectivity index (χ3v) is 6.70. The number of rotatable bonds is 7. The Balaban J connectivity index is 1.42. The quantitative estimate of drug-likeness (QED) is 0.508. The standard InChI is InChI=1S/C19H22ClN3O3S2/c20-15-3-5-16(6-4-15)22-19(27)21-11-14-26-17-7-9-18(10-8-17)28(24,25)23-12-1-2-13-23/h3-10H,1-2,11-14H2,(H2,21,22,27). The summed E-state index contributed by atoms with van der Waals surface area (Å²) in [5.74, 6) is 0.610. The van der Waals surface area contributed by atoms with Gasteiger partial charge >= 0.3 is 0 Å². The van der Waals surface area contributed by atoms with E-state index in [4.69, 9.17) is 28.6 Å². The van der Waals surface area contributed by atoms with Gasteiger partial charge in [0, 0.05) is 23.8 Å². The molecule has 0 aromatic heterocycles. The van der Waals surface area contributed by atoms with Crippen molar-refractivity contribution in [2.75, 3.05) is 31.6 Å². The van der Waals surface area contributed by atoms with Crippen molar-refractivity contribution in [2.45, 2.75) is 17.7 Å². The Bertz CT molecular complexity index is 897. The molecular weight excluding hydrogens is 418 g/mol. The molecule has 1 aliphatic heterocycles. The van der Waals surface area contributed by atoms with Gasteiger partial charge in [-0.1, -0.05) is 11.6 Å². The molecule has 1 aliphatic rings. The molecule has 1 fully saturated rings. The molecule has 28 heavy (non-hydrogen) atoms. The number of halogens is 1. The van der Waals surface area contributed by atoms with E-state index in [0.29, 0.717) is 47.0 Å². The number of thiocarbonyl (C=S) groups is 1. The maximum atomic E-state index is 12.5. The first-order valence-electron chi connectivity index (χ1n) is 8.98. The van der Waals surface area contributed by atoms with Crippen molar-refractivity contribution < 1.29 is 13.2 Å². The fraction of sp³-hybridized carbons (Fsp3) is 0.316. The highest BCUT2D eigenvalue weighted by molar-refractivity contribution is 7.89. The van der Waals surface area contributed by atoms with Gasteiger partial charge in [0.05, 0.1) is 11.4 Å². The van der Waals surface area contributed by atoms with E-state index in [1.54, 1.807) is 36.4 Å². The van der Waals surface area contributed by atoms with Gasteiger partial charge in [-0.15, -0.1) is 0 Å². The molecule has 0 radical (unpaired) electrons. The average Bonchev–Trinajstić information content (AvgIpc) is 3.23. The molecule has 0 bridgehead atoms. The minimum atomic E-state index is -3.39. The summed E-state index contributed by atoms with van der Waals surface area (Å²) in [6, 6.07) is 13.8. The zero-order chi connectivity index (χ0) is 20.0. The molecule has 2 N–H and O–H groups in total. The molecule has 150 valence electrons.